The maximum Gasteiger partial charge on any atom is 0.257 e. The average Bonchev–Trinajstić information content (AvgIpc) is 3.01. The summed E-state index contributed by atoms with van der Waals surface area (Å²) in [5.74, 6) is -0.514. The van der Waals surface area contributed by atoms with E-state index < -0.39 is 15.8 Å². The van der Waals surface area contributed by atoms with Gasteiger partial charge in [0.25, 0.3) is 5.91 Å². The largest absolute Gasteiger partial charge is 0.496 e. The van der Waals surface area contributed by atoms with Crippen LogP contribution < -0.4 is 9.46 Å². The molecule has 1 atom stereocenters. The topological polar surface area (TPSA) is 75.7 Å². The smallest absolute Gasteiger partial charge is 0.257 e. The molecule has 1 aromatic rings. The molecule has 0 aromatic heterocycles. The van der Waals surface area contributed by atoms with E-state index in [2.05, 4.69) is 11.3 Å². The average molecular weight is 342 g/mol. The summed E-state index contributed by atoms with van der Waals surface area (Å²) in [7, 11) is -2.05. The highest BCUT2D eigenvalue weighted by Gasteiger charge is 2.29. The lowest BCUT2D eigenvalue weighted by Crippen LogP contribution is -2.32. The molecule has 126 valence electrons. The van der Waals surface area contributed by atoms with E-state index in [1.165, 1.54) is 19.2 Å². The number of carbonyl (C=O) groups is 1. The highest BCUT2D eigenvalue weighted by Crippen LogP contribution is 2.24. The predicted molar refractivity (Wildman–Crippen MR) is 84.1 cm³/mol. The van der Waals surface area contributed by atoms with Gasteiger partial charge >= 0.3 is 0 Å². The third kappa shape index (κ3) is 4.29. The zero-order valence-corrected chi connectivity index (χ0v) is 13.6. The molecule has 1 aromatic carbocycles. The molecular formula is C15H19FN2O4S. The lowest BCUT2D eigenvalue weighted by atomic mass is 10.1. The number of carbonyl (C=O) groups excluding carboxylic acids is 1. The van der Waals surface area contributed by atoms with Crippen molar-refractivity contribution in [2.24, 2.45) is 5.92 Å². The minimum Gasteiger partial charge on any atom is -0.496 e. The fourth-order valence-corrected chi connectivity index (χ4v) is 3.08. The van der Waals surface area contributed by atoms with E-state index in [1.54, 1.807) is 4.90 Å². The molecule has 0 radical (unpaired) electrons. The van der Waals surface area contributed by atoms with Crippen LogP contribution in [0.3, 0.4) is 0 Å². The summed E-state index contributed by atoms with van der Waals surface area (Å²) < 4.78 is 43.6. The van der Waals surface area contributed by atoms with Crippen molar-refractivity contribution in [2.45, 2.75) is 6.42 Å². The molecular weight excluding hydrogens is 323 g/mol. The van der Waals surface area contributed by atoms with Crippen molar-refractivity contribution in [1.82, 2.24) is 9.62 Å². The number of sulfonamides is 1. The summed E-state index contributed by atoms with van der Waals surface area (Å²) >= 11 is 0. The molecule has 23 heavy (non-hydrogen) atoms. The van der Waals surface area contributed by atoms with Gasteiger partial charge in [-0.1, -0.05) is 6.58 Å². The third-order valence-electron chi connectivity index (χ3n) is 3.76. The number of likely N-dealkylation sites (tertiary alicyclic amines) is 1. The van der Waals surface area contributed by atoms with Crippen molar-refractivity contribution in [2.75, 3.05) is 26.7 Å². The summed E-state index contributed by atoms with van der Waals surface area (Å²) in [6.07, 6.45) is 0.670. The Morgan fingerprint density at radius 2 is 2.30 bits per heavy atom. The second-order valence-corrected chi connectivity index (χ2v) is 7.02. The summed E-state index contributed by atoms with van der Waals surface area (Å²) in [6.45, 7) is 4.34. The Balaban J connectivity index is 2.03. The Labute approximate surface area is 135 Å². The van der Waals surface area contributed by atoms with Crippen LogP contribution in [-0.4, -0.2) is 46.0 Å². The van der Waals surface area contributed by atoms with Crippen LogP contribution in [0.25, 0.3) is 0 Å². The maximum absolute atomic E-state index is 13.4. The van der Waals surface area contributed by atoms with Crippen LogP contribution in [0.5, 0.6) is 5.75 Å². The molecule has 0 bridgehead atoms. The molecule has 1 fully saturated rings. The molecule has 0 saturated carbocycles. The number of ether oxygens (including phenoxy) is 1. The van der Waals surface area contributed by atoms with E-state index in [4.69, 9.17) is 4.74 Å². The quantitative estimate of drug-likeness (QED) is 0.847. The standard InChI is InChI=1S/C15H19FN2O4S/c1-3-23(20,21)17-9-11-6-7-18(10-11)15(19)13-8-12(16)4-5-14(13)22-2/h3-5,8,11,17H,1,6-7,9-10H2,2H3. The monoisotopic (exact) mass is 342 g/mol. The second-order valence-electron chi connectivity index (χ2n) is 5.31. The molecule has 1 amide bonds. The van der Waals surface area contributed by atoms with Crippen molar-refractivity contribution < 1.29 is 22.3 Å². The maximum atomic E-state index is 13.4. The fraction of sp³-hybridized carbons (Fsp3) is 0.400. The number of methoxy groups -OCH3 is 1. The number of nitrogens with one attached hydrogen (secondary N) is 1. The normalized spacial score (nSPS) is 18.0. The van der Waals surface area contributed by atoms with E-state index in [9.17, 15) is 17.6 Å². The van der Waals surface area contributed by atoms with Crippen molar-refractivity contribution in [1.29, 1.82) is 0 Å². The van der Waals surface area contributed by atoms with Crippen molar-refractivity contribution in [3.63, 3.8) is 0 Å². The Hall–Kier alpha value is -1.93. The Kier molecular flexibility index (Phi) is 5.38. The minimum atomic E-state index is -3.47. The number of nitrogens with zero attached hydrogens (tertiary/aromatic N) is 1. The van der Waals surface area contributed by atoms with E-state index in [0.29, 0.717) is 25.3 Å². The number of halogens is 1. The number of benzene rings is 1. The van der Waals surface area contributed by atoms with E-state index in [-0.39, 0.29) is 23.9 Å². The van der Waals surface area contributed by atoms with Gasteiger partial charge in [-0.3, -0.25) is 4.79 Å². The SMILES string of the molecule is C=CS(=O)(=O)NCC1CCN(C(=O)c2cc(F)ccc2OC)C1. The third-order valence-corrected chi connectivity index (χ3v) is 4.77. The van der Waals surface area contributed by atoms with Crippen LogP contribution in [0.1, 0.15) is 16.8 Å². The molecule has 1 unspecified atom stereocenters. The Morgan fingerprint density at radius 1 is 1.57 bits per heavy atom. The van der Waals surface area contributed by atoms with Gasteiger partial charge < -0.3 is 9.64 Å². The summed E-state index contributed by atoms with van der Waals surface area (Å²) in [4.78, 5) is 14.1. The summed E-state index contributed by atoms with van der Waals surface area (Å²) in [5, 5.41) is 0.850. The van der Waals surface area contributed by atoms with Gasteiger partial charge in [0.15, 0.2) is 0 Å². The molecule has 8 heteroatoms. The molecule has 2 rings (SSSR count). The van der Waals surface area contributed by atoms with Crippen LogP contribution in [0.4, 0.5) is 4.39 Å². The van der Waals surface area contributed by atoms with Crippen molar-refractivity contribution in [3.8, 4) is 5.75 Å². The molecule has 0 aliphatic carbocycles. The lowest BCUT2D eigenvalue weighted by molar-refractivity contribution is 0.0783. The van der Waals surface area contributed by atoms with Gasteiger partial charge in [0, 0.05) is 25.0 Å². The predicted octanol–water partition coefficient (Wildman–Crippen LogP) is 1.36. The first-order chi connectivity index (χ1) is 10.9. The number of rotatable bonds is 6. The zero-order valence-electron chi connectivity index (χ0n) is 12.8. The Bertz CT molecular complexity index is 705. The van der Waals surface area contributed by atoms with Gasteiger partial charge in [-0.2, -0.15) is 0 Å². The molecule has 6 nitrogen and oxygen atoms in total. The van der Waals surface area contributed by atoms with Gasteiger partial charge in [0.1, 0.15) is 11.6 Å². The first-order valence-electron chi connectivity index (χ1n) is 7.11. The summed E-state index contributed by atoms with van der Waals surface area (Å²) in [6, 6.07) is 3.79. The van der Waals surface area contributed by atoms with Crippen molar-refractivity contribution in [3.05, 3.63) is 41.6 Å². The highest BCUT2D eigenvalue weighted by atomic mass is 32.2. The van der Waals surface area contributed by atoms with Crippen LogP contribution in [-0.2, 0) is 10.0 Å². The van der Waals surface area contributed by atoms with E-state index in [0.717, 1.165) is 11.5 Å². The highest BCUT2D eigenvalue weighted by molar-refractivity contribution is 7.92. The first-order valence-corrected chi connectivity index (χ1v) is 8.66. The van der Waals surface area contributed by atoms with Gasteiger partial charge in [0.05, 0.1) is 12.7 Å². The number of hydrogen-bond acceptors (Lipinski definition) is 4. The minimum absolute atomic E-state index is 0.00762. The van der Waals surface area contributed by atoms with Crippen LogP contribution in [0, 0.1) is 11.7 Å². The van der Waals surface area contributed by atoms with Gasteiger partial charge in [0.2, 0.25) is 10.0 Å². The van der Waals surface area contributed by atoms with Crippen LogP contribution in [0.15, 0.2) is 30.2 Å². The summed E-state index contributed by atoms with van der Waals surface area (Å²) in [5.41, 5.74) is 0.167. The van der Waals surface area contributed by atoms with E-state index >= 15 is 0 Å². The van der Waals surface area contributed by atoms with Gasteiger partial charge in [-0.15, -0.1) is 0 Å². The number of amides is 1. The van der Waals surface area contributed by atoms with Gasteiger partial charge in [-0.25, -0.2) is 17.5 Å². The fourth-order valence-electron chi connectivity index (χ4n) is 2.49. The second kappa shape index (κ2) is 7.10. The van der Waals surface area contributed by atoms with Crippen molar-refractivity contribution >= 4 is 15.9 Å². The molecule has 1 N–H and O–H groups in total. The van der Waals surface area contributed by atoms with Crippen LogP contribution >= 0.6 is 0 Å². The van der Waals surface area contributed by atoms with E-state index in [1.807, 2.05) is 0 Å². The lowest BCUT2D eigenvalue weighted by Gasteiger charge is -2.18. The molecule has 1 saturated heterocycles. The first kappa shape index (κ1) is 17.4. The molecule has 0 spiro atoms. The Morgan fingerprint density at radius 3 is 2.96 bits per heavy atom. The zero-order chi connectivity index (χ0) is 17.0. The molecule has 1 heterocycles. The molecule has 1 aliphatic heterocycles. The number of hydrogen-bond donors (Lipinski definition) is 1. The molecule has 1 aliphatic rings. The van der Waals surface area contributed by atoms with Crippen LogP contribution in [0.2, 0.25) is 0 Å². The van der Waals surface area contributed by atoms with Gasteiger partial charge in [-0.05, 0) is 30.5 Å².